The number of benzene rings is 2. The predicted molar refractivity (Wildman–Crippen MR) is 97.7 cm³/mol. The van der Waals surface area contributed by atoms with Crippen molar-refractivity contribution in [3.05, 3.63) is 65.7 Å². The molecule has 0 unspecified atom stereocenters. The first-order chi connectivity index (χ1) is 11.6. The Bertz CT molecular complexity index is 691. The van der Waals surface area contributed by atoms with Crippen LogP contribution in [-0.4, -0.2) is 29.4 Å². The minimum absolute atomic E-state index is 0.259. The van der Waals surface area contributed by atoms with Crippen molar-refractivity contribution in [1.29, 1.82) is 0 Å². The first-order valence-corrected chi connectivity index (χ1v) is 8.49. The number of carbonyl (C=O) groups is 1. The number of likely N-dealkylation sites (tertiary alicyclic amines) is 1. The molecule has 0 aromatic heterocycles. The van der Waals surface area contributed by atoms with Crippen LogP contribution in [0.1, 0.15) is 24.0 Å². The molecule has 0 atom stereocenters. The van der Waals surface area contributed by atoms with E-state index in [1.165, 1.54) is 5.56 Å². The lowest BCUT2D eigenvalue weighted by atomic mass is 9.86. The lowest BCUT2D eigenvalue weighted by Gasteiger charge is -2.41. The van der Waals surface area contributed by atoms with Gasteiger partial charge in [-0.1, -0.05) is 48.5 Å². The van der Waals surface area contributed by atoms with Gasteiger partial charge in [0, 0.05) is 25.3 Å². The van der Waals surface area contributed by atoms with E-state index in [-0.39, 0.29) is 5.91 Å². The number of hydrogen-bond acceptors (Lipinski definition) is 3. The summed E-state index contributed by atoms with van der Waals surface area (Å²) in [7, 11) is 0. The number of nitrogens with zero attached hydrogens (tertiary/aromatic N) is 1. The summed E-state index contributed by atoms with van der Waals surface area (Å²) < 4.78 is 0. The number of para-hydroxylation sites is 1. The van der Waals surface area contributed by atoms with Gasteiger partial charge in [-0.15, -0.1) is 0 Å². The summed E-state index contributed by atoms with van der Waals surface area (Å²) >= 11 is 0. The SMILES string of the molecule is Cc1ccccc1NC1(C(N)=O)CCN(Cc2ccccc2)CC1. The summed E-state index contributed by atoms with van der Waals surface area (Å²) in [6.07, 6.45) is 1.45. The van der Waals surface area contributed by atoms with Crippen LogP contribution in [0.25, 0.3) is 0 Å². The summed E-state index contributed by atoms with van der Waals surface area (Å²) in [6, 6.07) is 18.5. The highest BCUT2D eigenvalue weighted by atomic mass is 16.1. The number of nitrogens with two attached hydrogens (primary N) is 1. The lowest BCUT2D eigenvalue weighted by molar-refractivity contribution is -0.123. The second-order valence-corrected chi connectivity index (χ2v) is 6.65. The Kier molecular flexibility index (Phi) is 4.86. The van der Waals surface area contributed by atoms with Crippen LogP contribution in [0.15, 0.2) is 54.6 Å². The van der Waals surface area contributed by atoms with Crippen molar-refractivity contribution in [1.82, 2.24) is 4.90 Å². The minimum atomic E-state index is -0.653. The van der Waals surface area contributed by atoms with Crippen molar-refractivity contribution in [3.8, 4) is 0 Å². The number of hydrogen-bond donors (Lipinski definition) is 2. The number of aryl methyl sites for hydroxylation is 1. The van der Waals surface area contributed by atoms with Gasteiger partial charge in [0.25, 0.3) is 0 Å². The molecule has 1 aliphatic heterocycles. The molecule has 0 radical (unpaired) electrons. The summed E-state index contributed by atoms with van der Waals surface area (Å²) in [5.74, 6) is -0.259. The van der Waals surface area contributed by atoms with Crippen LogP contribution in [0.2, 0.25) is 0 Å². The second kappa shape index (κ2) is 7.05. The third-order valence-corrected chi connectivity index (χ3v) is 4.95. The van der Waals surface area contributed by atoms with E-state index in [1.54, 1.807) is 0 Å². The van der Waals surface area contributed by atoms with Crippen molar-refractivity contribution in [2.75, 3.05) is 18.4 Å². The highest BCUT2D eigenvalue weighted by molar-refractivity contribution is 5.88. The van der Waals surface area contributed by atoms with Gasteiger partial charge >= 0.3 is 0 Å². The number of rotatable bonds is 5. The van der Waals surface area contributed by atoms with Crippen molar-refractivity contribution in [2.45, 2.75) is 31.8 Å². The van der Waals surface area contributed by atoms with Crippen LogP contribution in [0.4, 0.5) is 5.69 Å². The van der Waals surface area contributed by atoms with Gasteiger partial charge < -0.3 is 11.1 Å². The van der Waals surface area contributed by atoms with Crippen LogP contribution >= 0.6 is 0 Å². The smallest absolute Gasteiger partial charge is 0.243 e. The normalized spacial score (nSPS) is 17.4. The van der Waals surface area contributed by atoms with Crippen LogP contribution in [0, 0.1) is 6.92 Å². The molecule has 1 heterocycles. The van der Waals surface area contributed by atoms with E-state index in [1.807, 2.05) is 37.3 Å². The van der Waals surface area contributed by atoms with E-state index in [4.69, 9.17) is 5.73 Å². The fourth-order valence-electron chi connectivity index (χ4n) is 3.34. The van der Waals surface area contributed by atoms with Crippen molar-refractivity contribution >= 4 is 11.6 Å². The number of carbonyl (C=O) groups excluding carboxylic acids is 1. The number of anilines is 1. The molecule has 126 valence electrons. The zero-order valence-electron chi connectivity index (χ0n) is 14.2. The molecule has 4 heteroatoms. The van der Waals surface area contributed by atoms with Gasteiger partial charge in [0.2, 0.25) is 5.91 Å². The monoisotopic (exact) mass is 323 g/mol. The lowest BCUT2D eigenvalue weighted by Crippen LogP contribution is -2.57. The Morgan fingerprint density at radius 3 is 2.33 bits per heavy atom. The van der Waals surface area contributed by atoms with Crippen molar-refractivity contribution in [2.24, 2.45) is 5.73 Å². The van der Waals surface area contributed by atoms with E-state index >= 15 is 0 Å². The maximum Gasteiger partial charge on any atom is 0.243 e. The highest BCUT2D eigenvalue weighted by Crippen LogP contribution is 2.29. The number of piperidine rings is 1. The molecule has 3 N–H and O–H groups in total. The maximum atomic E-state index is 12.2. The fourth-order valence-corrected chi connectivity index (χ4v) is 3.34. The summed E-state index contributed by atoms with van der Waals surface area (Å²) in [5.41, 5.74) is 8.55. The number of nitrogens with one attached hydrogen (secondary N) is 1. The first-order valence-electron chi connectivity index (χ1n) is 8.49. The van der Waals surface area contributed by atoms with Gasteiger partial charge in [-0.25, -0.2) is 0 Å². The first kappa shape index (κ1) is 16.5. The van der Waals surface area contributed by atoms with Crippen LogP contribution in [0.3, 0.4) is 0 Å². The van der Waals surface area contributed by atoms with Crippen molar-refractivity contribution in [3.63, 3.8) is 0 Å². The molecule has 1 fully saturated rings. The van der Waals surface area contributed by atoms with Gasteiger partial charge in [-0.05, 0) is 37.0 Å². The molecule has 2 aromatic carbocycles. The molecule has 0 spiro atoms. The summed E-state index contributed by atoms with van der Waals surface area (Å²) in [5, 5.41) is 3.45. The molecule has 1 saturated heterocycles. The molecule has 0 saturated carbocycles. The van der Waals surface area contributed by atoms with Gasteiger partial charge in [-0.2, -0.15) is 0 Å². The molecule has 1 aliphatic rings. The van der Waals surface area contributed by atoms with Gasteiger partial charge in [0.1, 0.15) is 5.54 Å². The molecule has 4 nitrogen and oxygen atoms in total. The van der Waals surface area contributed by atoms with E-state index in [0.29, 0.717) is 0 Å². The summed E-state index contributed by atoms with van der Waals surface area (Å²) in [6.45, 7) is 4.68. The largest absolute Gasteiger partial charge is 0.371 e. The minimum Gasteiger partial charge on any atom is -0.371 e. The predicted octanol–water partition coefficient (Wildman–Crippen LogP) is 2.93. The van der Waals surface area contributed by atoms with Crippen LogP contribution in [-0.2, 0) is 11.3 Å². The molecule has 0 bridgehead atoms. The Morgan fingerprint density at radius 2 is 1.71 bits per heavy atom. The average molecular weight is 323 g/mol. The molecular formula is C20H25N3O. The number of primary amides is 1. The molecule has 0 aliphatic carbocycles. The van der Waals surface area contributed by atoms with Gasteiger partial charge in [0.15, 0.2) is 0 Å². The molecule has 2 aromatic rings. The molecule has 24 heavy (non-hydrogen) atoms. The third kappa shape index (κ3) is 3.60. The van der Waals surface area contributed by atoms with Gasteiger partial charge in [-0.3, -0.25) is 9.69 Å². The zero-order valence-corrected chi connectivity index (χ0v) is 14.2. The van der Waals surface area contributed by atoms with Crippen LogP contribution < -0.4 is 11.1 Å². The second-order valence-electron chi connectivity index (χ2n) is 6.65. The van der Waals surface area contributed by atoms with E-state index < -0.39 is 5.54 Å². The number of amides is 1. The Balaban J connectivity index is 1.68. The molecule has 3 rings (SSSR count). The van der Waals surface area contributed by atoms with E-state index in [2.05, 4.69) is 34.5 Å². The molecular weight excluding hydrogens is 298 g/mol. The van der Waals surface area contributed by atoms with Gasteiger partial charge in [0.05, 0.1) is 0 Å². The fraction of sp³-hybridized carbons (Fsp3) is 0.350. The molecule has 1 amide bonds. The Morgan fingerprint density at radius 1 is 1.08 bits per heavy atom. The van der Waals surface area contributed by atoms with E-state index in [0.717, 1.165) is 43.7 Å². The topological polar surface area (TPSA) is 58.4 Å². The van der Waals surface area contributed by atoms with Crippen LogP contribution in [0.5, 0.6) is 0 Å². The maximum absolute atomic E-state index is 12.2. The summed E-state index contributed by atoms with van der Waals surface area (Å²) in [4.78, 5) is 14.6. The standard InChI is InChI=1S/C20H25N3O/c1-16-7-5-6-10-18(16)22-20(19(21)24)11-13-23(14-12-20)15-17-8-3-2-4-9-17/h2-10,22H,11-15H2,1H3,(H2,21,24). The quantitative estimate of drug-likeness (QED) is 0.889. The third-order valence-electron chi connectivity index (χ3n) is 4.95. The zero-order chi connectivity index (χ0) is 17.0. The Hall–Kier alpha value is -2.33. The van der Waals surface area contributed by atoms with E-state index in [9.17, 15) is 4.79 Å². The van der Waals surface area contributed by atoms with Crippen molar-refractivity contribution < 1.29 is 4.79 Å². The average Bonchev–Trinajstić information content (AvgIpc) is 2.59. The Labute approximate surface area is 143 Å². The highest BCUT2D eigenvalue weighted by Gasteiger charge is 2.40.